The summed E-state index contributed by atoms with van der Waals surface area (Å²) in [5.41, 5.74) is 0. The molecule has 0 bridgehead atoms. The van der Waals surface area contributed by atoms with Gasteiger partial charge in [-0.15, -0.1) is 0 Å². The topological polar surface area (TPSA) is 0 Å². The van der Waals surface area contributed by atoms with Crippen molar-refractivity contribution in [2.75, 3.05) is 0 Å². The number of hydrogen-bond donors (Lipinski definition) is 0. The molecule has 0 aromatic heterocycles. The molecule has 0 saturated carbocycles. The third-order valence-corrected chi connectivity index (χ3v) is 2.91. The highest BCUT2D eigenvalue weighted by atomic mass is 32.1. The van der Waals surface area contributed by atoms with Gasteiger partial charge in [-0.3, -0.25) is 0 Å². The van der Waals surface area contributed by atoms with E-state index in [4.69, 9.17) is 12.2 Å². The highest BCUT2D eigenvalue weighted by Gasteiger charge is 1.91. The van der Waals surface area contributed by atoms with Crippen molar-refractivity contribution in [2.24, 2.45) is 0 Å². The molecule has 14 heavy (non-hydrogen) atoms. The third kappa shape index (κ3) is 12.1. The van der Waals surface area contributed by atoms with Crippen LogP contribution in [0.3, 0.4) is 0 Å². The molecule has 0 radical (unpaired) electrons. The van der Waals surface area contributed by atoms with Crippen LogP contribution in [0.15, 0.2) is 0 Å². The standard InChI is InChI=1S/C13H26S/c1-2-3-4-5-6-7-8-9-10-11-12-13-14/h13H,2-12H2,1H3. The van der Waals surface area contributed by atoms with Gasteiger partial charge in [0.15, 0.2) is 0 Å². The van der Waals surface area contributed by atoms with Gasteiger partial charge in [-0.2, -0.15) is 0 Å². The van der Waals surface area contributed by atoms with Crippen LogP contribution >= 0.6 is 12.2 Å². The molecule has 0 atom stereocenters. The van der Waals surface area contributed by atoms with E-state index in [1.165, 1.54) is 64.2 Å². The molecule has 84 valence electrons. The maximum atomic E-state index is 4.79. The minimum atomic E-state index is 1.13. The average Bonchev–Trinajstić information content (AvgIpc) is 2.21. The fourth-order valence-corrected chi connectivity index (χ4v) is 1.88. The van der Waals surface area contributed by atoms with Gasteiger partial charge >= 0.3 is 0 Å². The van der Waals surface area contributed by atoms with Gasteiger partial charge in [0.2, 0.25) is 0 Å². The van der Waals surface area contributed by atoms with E-state index in [-0.39, 0.29) is 0 Å². The molecule has 0 heterocycles. The van der Waals surface area contributed by atoms with Crippen LogP contribution in [0.4, 0.5) is 0 Å². The van der Waals surface area contributed by atoms with Crippen molar-refractivity contribution in [1.82, 2.24) is 0 Å². The Morgan fingerprint density at radius 2 is 1.14 bits per heavy atom. The largest absolute Gasteiger partial charge is 0.0935 e. The summed E-state index contributed by atoms with van der Waals surface area (Å²) in [7, 11) is 0. The lowest BCUT2D eigenvalue weighted by Crippen LogP contribution is -1.81. The molecule has 0 aliphatic heterocycles. The Kier molecular flexibility index (Phi) is 13.2. The molecule has 1 heteroatoms. The van der Waals surface area contributed by atoms with Gasteiger partial charge < -0.3 is 0 Å². The molecule has 0 aromatic rings. The molecule has 0 aliphatic carbocycles. The Labute approximate surface area is 95.5 Å². The lowest BCUT2D eigenvalue weighted by atomic mass is 10.1. The van der Waals surface area contributed by atoms with E-state index in [0.717, 1.165) is 6.42 Å². The zero-order chi connectivity index (χ0) is 10.5. The van der Waals surface area contributed by atoms with Crippen molar-refractivity contribution >= 4 is 17.6 Å². The van der Waals surface area contributed by atoms with E-state index in [2.05, 4.69) is 6.92 Å². The summed E-state index contributed by atoms with van der Waals surface area (Å²) in [5, 5.41) is 1.87. The van der Waals surface area contributed by atoms with Crippen molar-refractivity contribution in [1.29, 1.82) is 0 Å². The van der Waals surface area contributed by atoms with E-state index in [1.54, 1.807) is 0 Å². The fourth-order valence-electron chi connectivity index (χ4n) is 1.72. The summed E-state index contributed by atoms with van der Waals surface area (Å²) in [6, 6.07) is 0. The molecule has 0 amide bonds. The van der Waals surface area contributed by atoms with Gasteiger partial charge in [0.05, 0.1) is 0 Å². The SMILES string of the molecule is CCCCCCCCCCCCC=S. The Morgan fingerprint density at radius 3 is 1.57 bits per heavy atom. The first-order chi connectivity index (χ1) is 6.91. The predicted octanol–water partition coefficient (Wildman–Crippen LogP) is 5.30. The second kappa shape index (κ2) is 13.1. The van der Waals surface area contributed by atoms with Crippen LogP contribution in [0.25, 0.3) is 0 Å². The second-order valence-corrected chi connectivity index (χ2v) is 4.47. The fraction of sp³-hybridized carbons (Fsp3) is 0.923. The first-order valence-corrected chi connectivity index (χ1v) is 6.82. The summed E-state index contributed by atoms with van der Waals surface area (Å²) in [6.45, 7) is 2.27. The number of hydrogen-bond acceptors (Lipinski definition) is 1. The van der Waals surface area contributed by atoms with Gasteiger partial charge in [-0.1, -0.05) is 76.9 Å². The Balaban J connectivity index is 2.81. The third-order valence-electron chi connectivity index (χ3n) is 2.68. The lowest BCUT2D eigenvalue weighted by molar-refractivity contribution is 0.560. The Hall–Kier alpha value is 0.0900. The predicted molar refractivity (Wildman–Crippen MR) is 70.1 cm³/mol. The zero-order valence-corrected chi connectivity index (χ0v) is 10.6. The van der Waals surface area contributed by atoms with Crippen LogP contribution < -0.4 is 0 Å². The Morgan fingerprint density at radius 1 is 0.714 bits per heavy atom. The molecular formula is C13H26S. The number of unbranched alkanes of at least 4 members (excludes halogenated alkanes) is 10. The first-order valence-electron chi connectivity index (χ1n) is 6.35. The van der Waals surface area contributed by atoms with E-state index >= 15 is 0 Å². The molecule has 0 nitrogen and oxygen atoms in total. The second-order valence-electron chi connectivity index (χ2n) is 4.14. The molecule has 0 fully saturated rings. The minimum Gasteiger partial charge on any atom is -0.0935 e. The summed E-state index contributed by atoms with van der Waals surface area (Å²) in [5.74, 6) is 0. The van der Waals surface area contributed by atoms with Gasteiger partial charge in [0, 0.05) is 0 Å². The normalized spacial score (nSPS) is 10.4. The van der Waals surface area contributed by atoms with Gasteiger partial charge in [-0.25, -0.2) is 0 Å². The molecule has 0 rings (SSSR count). The summed E-state index contributed by atoms with van der Waals surface area (Å²) >= 11 is 4.79. The van der Waals surface area contributed by atoms with Gasteiger partial charge in [0.25, 0.3) is 0 Å². The van der Waals surface area contributed by atoms with Gasteiger partial charge in [-0.05, 0) is 18.2 Å². The van der Waals surface area contributed by atoms with Gasteiger partial charge in [0.1, 0.15) is 0 Å². The van der Waals surface area contributed by atoms with Crippen molar-refractivity contribution < 1.29 is 0 Å². The van der Waals surface area contributed by atoms with E-state index in [1.807, 2.05) is 5.37 Å². The molecule has 0 aliphatic rings. The highest BCUT2D eigenvalue weighted by molar-refractivity contribution is 7.78. The van der Waals surface area contributed by atoms with Crippen molar-refractivity contribution in [3.63, 3.8) is 0 Å². The van der Waals surface area contributed by atoms with Crippen LogP contribution in [0, 0.1) is 0 Å². The summed E-state index contributed by atoms with van der Waals surface area (Å²) in [4.78, 5) is 0. The zero-order valence-electron chi connectivity index (χ0n) is 9.76. The highest BCUT2D eigenvalue weighted by Crippen LogP contribution is 2.10. The van der Waals surface area contributed by atoms with Crippen LogP contribution in [-0.2, 0) is 0 Å². The van der Waals surface area contributed by atoms with Crippen molar-refractivity contribution in [3.8, 4) is 0 Å². The van der Waals surface area contributed by atoms with E-state index in [0.29, 0.717) is 0 Å². The number of thiocarbonyl (C=S) groups is 1. The number of rotatable bonds is 11. The summed E-state index contributed by atoms with van der Waals surface area (Å²) in [6.07, 6.45) is 15.2. The van der Waals surface area contributed by atoms with Crippen molar-refractivity contribution in [3.05, 3.63) is 0 Å². The van der Waals surface area contributed by atoms with Crippen LogP contribution in [0.5, 0.6) is 0 Å². The minimum absolute atomic E-state index is 1.13. The maximum Gasteiger partial charge on any atom is -0.0210 e. The van der Waals surface area contributed by atoms with E-state index < -0.39 is 0 Å². The van der Waals surface area contributed by atoms with Crippen LogP contribution in [0.2, 0.25) is 0 Å². The molecule has 0 unspecified atom stereocenters. The maximum absolute atomic E-state index is 4.79. The average molecular weight is 214 g/mol. The smallest absolute Gasteiger partial charge is 0.0210 e. The van der Waals surface area contributed by atoms with Crippen LogP contribution in [0.1, 0.15) is 77.6 Å². The first kappa shape index (κ1) is 14.1. The molecular weight excluding hydrogens is 188 g/mol. The van der Waals surface area contributed by atoms with Crippen LogP contribution in [-0.4, -0.2) is 5.37 Å². The molecule has 0 saturated heterocycles. The summed E-state index contributed by atoms with van der Waals surface area (Å²) < 4.78 is 0. The van der Waals surface area contributed by atoms with E-state index in [9.17, 15) is 0 Å². The Bertz CT molecular complexity index is 110. The lowest BCUT2D eigenvalue weighted by Gasteiger charge is -2.00. The quantitative estimate of drug-likeness (QED) is 0.332. The molecule has 0 spiro atoms. The monoisotopic (exact) mass is 214 g/mol. The van der Waals surface area contributed by atoms with Crippen molar-refractivity contribution in [2.45, 2.75) is 77.6 Å². The molecule has 0 aromatic carbocycles. The molecule has 0 N–H and O–H groups in total.